The predicted molar refractivity (Wildman–Crippen MR) is 120 cm³/mol. The van der Waals surface area contributed by atoms with Crippen LogP contribution in [0.3, 0.4) is 0 Å². The molecule has 152 valence electrons. The third-order valence-electron chi connectivity index (χ3n) is 4.49. The van der Waals surface area contributed by atoms with Crippen molar-refractivity contribution in [3.05, 3.63) is 95.0 Å². The molecule has 0 aliphatic heterocycles. The highest BCUT2D eigenvalue weighted by molar-refractivity contribution is 7.99. The number of aromatic nitrogens is 4. The third-order valence-corrected chi connectivity index (χ3v) is 5.82. The molecule has 0 saturated carbocycles. The summed E-state index contributed by atoms with van der Waals surface area (Å²) in [7, 11) is 0. The predicted octanol–water partition coefficient (Wildman–Crippen LogP) is 4.67. The normalized spacial score (nSPS) is 10.9. The minimum absolute atomic E-state index is 0.133. The first-order valence-corrected chi connectivity index (χ1v) is 10.8. The maximum Gasteiger partial charge on any atom is 0.234 e. The summed E-state index contributed by atoms with van der Waals surface area (Å²) in [6.07, 6.45) is 4.49. The van der Waals surface area contributed by atoms with E-state index in [2.05, 4.69) is 27.6 Å². The number of thioether (sulfide) groups is 1. The van der Waals surface area contributed by atoms with Crippen LogP contribution in [0.25, 0.3) is 0 Å². The fourth-order valence-corrected chi connectivity index (χ4v) is 3.90. The van der Waals surface area contributed by atoms with Crippen molar-refractivity contribution in [1.29, 1.82) is 0 Å². The summed E-state index contributed by atoms with van der Waals surface area (Å²) in [6, 6.07) is 19.5. The number of nitrogens with zero attached hydrogens (tertiary/aromatic N) is 4. The fourth-order valence-electron chi connectivity index (χ4n) is 2.96. The molecule has 6 nitrogen and oxygen atoms in total. The summed E-state index contributed by atoms with van der Waals surface area (Å²) in [5.74, 6) is 0.869. The van der Waals surface area contributed by atoms with Crippen molar-refractivity contribution in [3.63, 3.8) is 0 Å². The molecule has 8 heteroatoms. The van der Waals surface area contributed by atoms with E-state index in [0.717, 1.165) is 17.0 Å². The number of benzene rings is 2. The minimum atomic E-state index is -0.133. The van der Waals surface area contributed by atoms with Gasteiger partial charge in [-0.2, -0.15) is 0 Å². The van der Waals surface area contributed by atoms with Gasteiger partial charge in [0.1, 0.15) is 0 Å². The van der Waals surface area contributed by atoms with Gasteiger partial charge in [0.2, 0.25) is 11.1 Å². The molecule has 30 heavy (non-hydrogen) atoms. The second kappa shape index (κ2) is 9.19. The van der Waals surface area contributed by atoms with Crippen LogP contribution in [-0.2, 0) is 11.2 Å². The summed E-state index contributed by atoms with van der Waals surface area (Å²) in [5.41, 5.74) is 2.78. The van der Waals surface area contributed by atoms with Crippen LogP contribution in [0, 0.1) is 6.92 Å². The first kappa shape index (κ1) is 20.3. The van der Waals surface area contributed by atoms with Crippen molar-refractivity contribution >= 4 is 35.0 Å². The fraction of sp³-hybridized carbons (Fsp3) is 0.136. The van der Waals surface area contributed by atoms with Crippen LogP contribution in [0.15, 0.2) is 78.2 Å². The van der Waals surface area contributed by atoms with Gasteiger partial charge in [0.15, 0.2) is 5.82 Å². The maximum atomic E-state index is 12.4. The number of halogens is 1. The number of amides is 1. The van der Waals surface area contributed by atoms with E-state index in [1.165, 1.54) is 11.8 Å². The third kappa shape index (κ3) is 4.75. The second-order valence-corrected chi connectivity index (χ2v) is 8.09. The van der Waals surface area contributed by atoms with Gasteiger partial charge in [-0.15, -0.1) is 10.2 Å². The van der Waals surface area contributed by atoms with E-state index in [9.17, 15) is 4.79 Å². The number of hydrogen-bond donors (Lipinski definition) is 1. The molecule has 0 aliphatic rings. The van der Waals surface area contributed by atoms with E-state index >= 15 is 0 Å². The van der Waals surface area contributed by atoms with Crippen LogP contribution in [0.5, 0.6) is 0 Å². The van der Waals surface area contributed by atoms with Crippen LogP contribution in [0.4, 0.5) is 5.69 Å². The molecule has 0 fully saturated rings. The van der Waals surface area contributed by atoms with Gasteiger partial charge in [-0.3, -0.25) is 9.47 Å². The lowest BCUT2D eigenvalue weighted by Crippen LogP contribution is -2.16. The SMILES string of the molecule is Cc1ccc(NC(=O)CSc2nnc(Cc3ccccc3)n2-n2cccc2)cc1Cl. The molecule has 2 aromatic carbocycles. The molecule has 2 heterocycles. The Hall–Kier alpha value is -3.03. The lowest BCUT2D eigenvalue weighted by molar-refractivity contribution is -0.113. The monoisotopic (exact) mass is 437 g/mol. The summed E-state index contributed by atoms with van der Waals surface area (Å²) >= 11 is 7.47. The van der Waals surface area contributed by atoms with Crippen molar-refractivity contribution < 1.29 is 4.79 Å². The largest absolute Gasteiger partial charge is 0.325 e. The lowest BCUT2D eigenvalue weighted by Gasteiger charge is -2.11. The van der Waals surface area contributed by atoms with Crippen molar-refractivity contribution in [2.24, 2.45) is 0 Å². The zero-order valence-electron chi connectivity index (χ0n) is 16.3. The van der Waals surface area contributed by atoms with E-state index in [0.29, 0.717) is 22.3 Å². The zero-order chi connectivity index (χ0) is 20.9. The standard InChI is InChI=1S/C22H20ClN5OS/c1-16-9-10-18(14-19(16)23)24-21(29)15-30-22-26-25-20(13-17-7-3-2-4-8-17)28(22)27-11-5-6-12-27/h2-12,14H,13,15H2,1H3,(H,24,29). The highest BCUT2D eigenvalue weighted by Crippen LogP contribution is 2.22. The highest BCUT2D eigenvalue weighted by Gasteiger charge is 2.16. The van der Waals surface area contributed by atoms with Crippen LogP contribution in [0.1, 0.15) is 17.0 Å². The van der Waals surface area contributed by atoms with Gasteiger partial charge in [0.25, 0.3) is 0 Å². The van der Waals surface area contributed by atoms with Crippen LogP contribution in [0.2, 0.25) is 5.02 Å². The number of rotatable bonds is 7. The minimum Gasteiger partial charge on any atom is -0.325 e. The summed E-state index contributed by atoms with van der Waals surface area (Å²) in [6.45, 7) is 1.92. The average Bonchev–Trinajstić information content (AvgIpc) is 3.40. The summed E-state index contributed by atoms with van der Waals surface area (Å²) < 4.78 is 3.84. The highest BCUT2D eigenvalue weighted by atomic mass is 35.5. The van der Waals surface area contributed by atoms with Gasteiger partial charge in [-0.25, -0.2) is 4.68 Å². The molecule has 4 rings (SSSR count). The molecule has 0 aliphatic carbocycles. The zero-order valence-corrected chi connectivity index (χ0v) is 17.9. The molecular formula is C22H20ClN5OS. The second-order valence-electron chi connectivity index (χ2n) is 6.74. The molecule has 4 aromatic rings. The van der Waals surface area contributed by atoms with E-state index in [4.69, 9.17) is 11.6 Å². The molecule has 1 N–H and O–H groups in total. The number of aryl methyl sites for hydroxylation is 1. The van der Waals surface area contributed by atoms with Crippen molar-refractivity contribution in [1.82, 2.24) is 19.5 Å². The van der Waals surface area contributed by atoms with Crippen molar-refractivity contribution in [2.45, 2.75) is 18.5 Å². The summed E-state index contributed by atoms with van der Waals surface area (Å²) in [5, 5.41) is 12.8. The molecule has 0 saturated heterocycles. The first-order chi connectivity index (χ1) is 14.6. The molecule has 0 bridgehead atoms. The Labute approximate surface area is 183 Å². The topological polar surface area (TPSA) is 64.7 Å². The van der Waals surface area contributed by atoms with Crippen LogP contribution >= 0.6 is 23.4 Å². The number of anilines is 1. The Kier molecular flexibility index (Phi) is 6.21. The first-order valence-electron chi connectivity index (χ1n) is 9.41. The van der Waals surface area contributed by atoms with Crippen molar-refractivity contribution in [2.75, 3.05) is 11.1 Å². The van der Waals surface area contributed by atoms with E-state index < -0.39 is 0 Å². The number of hydrogen-bond acceptors (Lipinski definition) is 4. The maximum absolute atomic E-state index is 12.4. The molecule has 0 unspecified atom stereocenters. The van der Waals surface area contributed by atoms with Crippen molar-refractivity contribution in [3.8, 4) is 0 Å². The summed E-state index contributed by atoms with van der Waals surface area (Å²) in [4.78, 5) is 12.4. The average molecular weight is 438 g/mol. The Morgan fingerprint density at radius 2 is 1.83 bits per heavy atom. The number of carbonyl (C=O) groups excluding carboxylic acids is 1. The van der Waals surface area contributed by atoms with Gasteiger partial charge < -0.3 is 5.32 Å². The van der Waals surface area contributed by atoms with Gasteiger partial charge in [0, 0.05) is 29.5 Å². The van der Waals surface area contributed by atoms with Gasteiger partial charge in [-0.1, -0.05) is 59.8 Å². The molecule has 2 aromatic heterocycles. The lowest BCUT2D eigenvalue weighted by atomic mass is 10.1. The number of carbonyl (C=O) groups is 1. The molecular weight excluding hydrogens is 418 g/mol. The van der Waals surface area contributed by atoms with Gasteiger partial charge >= 0.3 is 0 Å². The molecule has 0 spiro atoms. The Bertz CT molecular complexity index is 1140. The quantitative estimate of drug-likeness (QED) is 0.426. The smallest absolute Gasteiger partial charge is 0.234 e. The molecule has 0 radical (unpaired) electrons. The Morgan fingerprint density at radius 1 is 1.07 bits per heavy atom. The molecule has 1 amide bonds. The van der Waals surface area contributed by atoms with Gasteiger partial charge in [-0.05, 0) is 42.3 Å². The Balaban J connectivity index is 1.49. The molecule has 0 atom stereocenters. The van der Waals surface area contributed by atoms with E-state index in [1.54, 1.807) is 6.07 Å². The van der Waals surface area contributed by atoms with Gasteiger partial charge in [0.05, 0.1) is 5.75 Å². The van der Waals surface area contributed by atoms with E-state index in [1.807, 2.05) is 71.1 Å². The van der Waals surface area contributed by atoms with Crippen LogP contribution in [-0.4, -0.2) is 31.2 Å². The Morgan fingerprint density at radius 3 is 2.57 bits per heavy atom. The van der Waals surface area contributed by atoms with E-state index in [-0.39, 0.29) is 11.7 Å². The van der Waals surface area contributed by atoms with Crippen LogP contribution < -0.4 is 5.32 Å². The number of nitrogens with one attached hydrogen (secondary N) is 1.